The summed E-state index contributed by atoms with van der Waals surface area (Å²) in [4.78, 5) is 35.0. The van der Waals surface area contributed by atoms with E-state index in [1.807, 2.05) is 89.0 Å². The molecule has 2 amide bonds. The Morgan fingerprint density at radius 2 is 1.74 bits per heavy atom. The van der Waals surface area contributed by atoms with Crippen LogP contribution in [0, 0.1) is 0 Å². The number of hydrogen-bond acceptors (Lipinski definition) is 7. The molecule has 4 rings (SSSR count). The molecule has 10 heteroatoms. The smallest absolute Gasteiger partial charge is 0.416 e. The third-order valence-electron chi connectivity index (χ3n) is 7.04. The highest BCUT2D eigenvalue weighted by molar-refractivity contribution is 5.88. The second-order valence-electron chi connectivity index (χ2n) is 13.3. The average molecular weight is 579 g/mol. The molecular weight excluding hydrogens is 532 g/mol. The number of carbonyl (C=O) groups is 2. The third kappa shape index (κ3) is 7.52. The van der Waals surface area contributed by atoms with Crippen LogP contribution in [-0.2, 0) is 16.0 Å². The minimum Gasteiger partial charge on any atom is -0.444 e. The van der Waals surface area contributed by atoms with E-state index < -0.39 is 17.3 Å². The Morgan fingerprint density at radius 3 is 2.33 bits per heavy atom. The monoisotopic (exact) mass is 578 g/mol. The van der Waals surface area contributed by atoms with Gasteiger partial charge in [-0.3, -0.25) is 4.90 Å². The molecule has 0 saturated carbocycles. The van der Waals surface area contributed by atoms with E-state index in [-0.39, 0.29) is 24.1 Å². The number of hydrogen-bond donors (Lipinski definition) is 1. The van der Waals surface area contributed by atoms with E-state index in [0.717, 1.165) is 24.0 Å². The van der Waals surface area contributed by atoms with Gasteiger partial charge in [-0.05, 0) is 65.9 Å². The van der Waals surface area contributed by atoms with Gasteiger partial charge in [0.05, 0.1) is 12.7 Å². The van der Waals surface area contributed by atoms with Gasteiger partial charge in [-0.2, -0.15) is 9.61 Å². The lowest BCUT2D eigenvalue weighted by molar-refractivity contribution is 0.0222. The van der Waals surface area contributed by atoms with Crippen molar-refractivity contribution in [2.24, 2.45) is 0 Å². The highest BCUT2D eigenvalue weighted by Gasteiger charge is 2.37. The number of nitrogens with one attached hydrogen (secondary N) is 1. The first-order chi connectivity index (χ1) is 19.6. The highest BCUT2D eigenvalue weighted by atomic mass is 16.6. The standard InChI is InChI=1S/C32H46N6O4/c1-10-24-16-23(20-36(24)29(39)41-31(4,5)6)34-26-17-27(38-28(35-26)25(18-33-38)21(2)3)37(30(40)42-32(7,8)9)19-22-14-12-11-13-15-22/h11-15,17-18,21,23-24H,10,16,19-20H2,1-9H3,(H,34,35)/t23-,24+/m0/s1. The molecule has 2 atom stereocenters. The van der Waals surface area contributed by atoms with Crippen LogP contribution in [0.2, 0.25) is 0 Å². The fourth-order valence-electron chi connectivity index (χ4n) is 5.12. The molecule has 1 aromatic carbocycles. The summed E-state index contributed by atoms with van der Waals surface area (Å²) >= 11 is 0. The van der Waals surface area contributed by atoms with Crippen LogP contribution < -0.4 is 10.2 Å². The van der Waals surface area contributed by atoms with Crippen LogP contribution in [0.5, 0.6) is 0 Å². The molecule has 0 spiro atoms. The second-order valence-corrected chi connectivity index (χ2v) is 13.3. The van der Waals surface area contributed by atoms with Crippen molar-refractivity contribution in [3.05, 3.63) is 53.7 Å². The molecule has 3 heterocycles. The largest absolute Gasteiger partial charge is 0.444 e. The van der Waals surface area contributed by atoms with Crippen molar-refractivity contribution in [1.29, 1.82) is 0 Å². The number of likely N-dealkylation sites (tertiary alicyclic amines) is 1. The van der Waals surface area contributed by atoms with Crippen molar-refractivity contribution in [3.63, 3.8) is 0 Å². The van der Waals surface area contributed by atoms with Gasteiger partial charge in [0.15, 0.2) is 5.65 Å². The summed E-state index contributed by atoms with van der Waals surface area (Å²) in [5.41, 5.74) is 1.34. The SMILES string of the molecule is CC[C@@H]1C[C@H](Nc2cc(N(Cc3ccccc3)C(=O)OC(C)(C)C)n3ncc(C(C)C)c3n2)CN1C(=O)OC(C)(C)C. The maximum absolute atomic E-state index is 13.7. The summed E-state index contributed by atoms with van der Waals surface area (Å²) in [7, 11) is 0. The lowest BCUT2D eigenvalue weighted by atomic mass is 10.1. The van der Waals surface area contributed by atoms with Crippen LogP contribution in [0.3, 0.4) is 0 Å². The van der Waals surface area contributed by atoms with Crippen molar-refractivity contribution in [1.82, 2.24) is 19.5 Å². The van der Waals surface area contributed by atoms with Crippen LogP contribution in [0.25, 0.3) is 5.65 Å². The lowest BCUT2D eigenvalue weighted by Gasteiger charge is -2.28. The van der Waals surface area contributed by atoms with Gasteiger partial charge in [0, 0.05) is 30.3 Å². The molecule has 2 aromatic heterocycles. The molecule has 42 heavy (non-hydrogen) atoms. The summed E-state index contributed by atoms with van der Waals surface area (Å²) < 4.78 is 13.3. The Bertz CT molecular complexity index is 1390. The number of anilines is 2. The Hall–Kier alpha value is -3.82. The van der Waals surface area contributed by atoms with E-state index in [4.69, 9.17) is 14.5 Å². The number of amides is 2. The number of carbonyl (C=O) groups excluding carboxylic acids is 2. The molecular formula is C32H46N6O4. The minimum atomic E-state index is -0.684. The summed E-state index contributed by atoms with van der Waals surface area (Å²) in [6.07, 6.45) is 2.60. The number of rotatable bonds is 7. The van der Waals surface area contributed by atoms with Crippen molar-refractivity contribution < 1.29 is 19.1 Å². The summed E-state index contributed by atoms with van der Waals surface area (Å²) in [5.74, 6) is 1.31. The van der Waals surface area contributed by atoms with E-state index in [9.17, 15) is 9.59 Å². The van der Waals surface area contributed by atoms with Crippen LogP contribution in [0.15, 0.2) is 42.6 Å². The molecule has 3 aromatic rings. The molecule has 0 bridgehead atoms. The van der Waals surface area contributed by atoms with Crippen LogP contribution in [-0.4, -0.2) is 61.5 Å². The van der Waals surface area contributed by atoms with Crippen molar-refractivity contribution in [2.45, 2.75) is 111 Å². The van der Waals surface area contributed by atoms with E-state index in [2.05, 4.69) is 31.2 Å². The first kappa shape index (κ1) is 31.1. The number of fused-ring (bicyclic) bond motifs is 1. The molecule has 10 nitrogen and oxygen atoms in total. The Kier molecular flexibility index (Phi) is 9.03. The summed E-state index contributed by atoms with van der Waals surface area (Å²) in [6, 6.07) is 11.7. The molecule has 0 aliphatic carbocycles. The van der Waals surface area contributed by atoms with E-state index in [1.165, 1.54) is 0 Å². The van der Waals surface area contributed by atoms with Gasteiger partial charge < -0.3 is 19.7 Å². The third-order valence-corrected chi connectivity index (χ3v) is 7.04. The first-order valence-corrected chi connectivity index (χ1v) is 14.8. The number of nitrogens with zero attached hydrogens (tertiary/aromatic N) is 5. The molecule has 1 aliphatic heterocycles. The van der Waals surface area contributed by atoms with Crippen molar-refractivity contribution in [2.75, 3.05) is 16.8 Å². The molecule has 1 fully saturated rings. The maximum atomic E-state index is 13.7. The van der Waals surface area contributed by atoms with Gasteiger partial charge >= 0.3 is 12.2 Å². The summed E-state index contributed by atoms with van der Waals surface area (Å²) in [6.45, 7) is 18.2. The van der Waals surface area contributed by atoms with Crippen LogP contribution >= 0.6 is 0 Å². The normalized spacial score (nSPS) is 17.5. The maximum Gasteiger partial charge on any atom is 0.416 e. The predicted molar refractivity (Wildman–Crippen MR) is 165 cm³/mol. The van der Waals surface area contributed by atoms with Crippen molar-refractivity contribution in [3.8, 4) is 0 Å². The van der Waals surface area contributed by atoms with Crippen molar-refractivity contribution >= 4 is 29.5 Å². The van der Waals surface area contributed by atoms with Gasteiger partial charge in [0.1, 0.15) is 22.8 Å². The van der Waals surface area contributed by atoms with Crippen LogP contribution in [0.4, 0.5) is 21.2 Å². The molecule has 1 aliphatic rings. The fraction of sp³-hybridized carbons (Fsp3) is 0.562. The second kappa shape index (κ2) is 12.2. The Labute approximate surface area is 249 Å². The number of ether oxygens (including phenoxy) is 2. The Morgan fingerprint density at radius 1 is 1.07 bits per heavy atom. The molecule has 1 saturated heterocycles. The zero-order valence-corrected chi connectivity index (χ0v) is 26.5. The number of aromatic nitrogens is 3. The molecule has 228 valence electrons. The Balaban J connectivity index is 1.73. The topological polar surface area (TPSA) is 101 Å². The molecule has 0 radical (unpaired) electrons. The highest BCUT2D eigenvalue weighted by Crippen LogP contribution is 2.31. The van der Waals surface area contributed by atoms with Gasteiger partial charge in [-0.15, -0.1) is 0 Å². The quantitative estimate of drug-likeness (QED) is 0.322. The zero-order valence-electron chi connectivity index (χ0n) is 26.5. The lowest BCUT2D eigenvalue weighted by Crippen LogP contribution is -2.40. The summed E-state index contributed by atoms with van der Waals surface area (Å²) in [5, 5.41) is 8.22. The first-order valence-electron chi connectivity index (χ1n) is 14.8. The minimum absolute atomic E-state index is 0.0419. The molecule has 0 unspecified atom stereocenters. The predicted octanol–water partition coefficient (Wildman–Crippen LogP) is 6.99. The molecule has 1 N–H and O–H groups in total. The number of benzene rings is 1. The van der Waals surface area contributed by atoms with Gasteiger partial charge in [0.25, 0.3) is 0 Å². The van der Waals surface area contributed by atoms with Gasteiger partial charge in [-0.25, -0.2) is 14.6 Å². The zero-order chi connectivity index (χ0) is 30.8. The van der Waals surface area contributed by atoms with E-state index in [0.29, 0.717) is 30.4 Å². The van der Waals surface area contributed by atoms with Gasteiger partial charge in [0.2, 0.25) is 0 Å². The average Bonchev–Trinajstić information content (AvgIpc) is 3.50. The van der Waals surface area contributed by atoms with Gasteiger partial charge in [-0.1, -0.05) is 51.1 Å². The van der Waals surface area contributed by atoms with Crippen LogP contribution in [0.1, 0.15) is 92.2 Å². The fourth-order valence-corrected chi connectivity index (χ4v) is 5.12. The van der Waals surface area contributed by atoms with E-state index >= 15 is 0 Å². The van der Waals surface area contributed by atoms with E-state index in [1.54, 1.807) is 9.42 Å².